The molecule has 0 radical (unpaired) electrons. The molecule has 1 aliphatic carbocycles. The Morgan fingerprint density at radius 3 is 2.00 bits per heavy atom. The molecule has 0 N–H and O–H groups in total. The molecule has 130 valence electrons. The lowest BCUT2D eigenvalue weighted by Crippen LogP contribution is -2.29. The van der Waals surface area contributed by atoms with Crippen molar-refractivity contribution in [2.75, 3.05) is 0 Å². The Morgan fingerprint density at radius 1 is 0.593 bits per heavy atom. The van der Waals surface area contributed by atoms with Crippen LogP contribution in [0.2, 0.25) is 0 Å². The first-order valence-corrected chi connectivity index (χ1v) is 9.59. The number of hydrogen-bond donors (Lipinski definition) is 0. The summed E-state index contributed by atoms with van der Waals surface area (Å²) >= 11 is 0. The summed E-state index contributed by atoms with van der Waals surface area (Å²) in [6.07, 6.45) is 0.964. The molecule has 0 saturated carbocycles. The van der Waals surface area contributed by atoms with E-state index in [1.54, 1.807) is 0 Å². The molecule has 0 amide bonds. The van der Waals surface area contributed by atoms with Gasteiger partial charge in [-0.15, -0.1) is 0 Å². The molecule has 4 aromatic carbocycles. The lowest BCUT2D eigenvalue weighted by Gasteiger charge is -2.33. The molecule has 27 heavy (non-hydrogen) atoms. The third-order valence-corrected chi connectivity index (χ3v) is 5.89. The zero-order valence-electron chi connectivity index (χ0n) is 15.5. The number of aryl methyl sites for hydroxylation is 1. The Kier molecular flexibility index (Phi) is 3.72. The molecule has 0 fully saturated rings. The maximum Gasteiger partial charge on any atom is 0.0503 e. The van der Waals surface area contributed by atoms with E-state index in [9.17, 15) is 0 Å². The van der Waals surface area contributed by atoms with Gasteiger partial charge in [0.1, 0.15) is 0 Å². The Hall–Kier alpha value is -3.12. The van der Waals surface area contributed by atoms with Gasteiger partial charge in [0.25, 0.3) is 0 Å². The first kappa shape index (κ1) is 16.1. The lowest BCUT2D eigenvalue weighted by atomic mass is 9.68. The zero-order valence-corrected chi connectivity index (χ0v) is 15.5. The largest absolute Gasteiger partial charge is 0.0622 e. The fourth-order valence-corrected chi connectivity index (χ4v) is 4.71. The van der Waals surface area contributed by atoms with Gasteiger partial charge < -0.3 is 0 Å². The van der Waals surface area contributed by atoms with Gasteiger partial charge in [-0.05, 0) is 46.7 Å². The van der Waals surface area contributed by atoms with E-state index in [-0.39, 0.29) is 5.41 Å². The normalized spacial score (nSPS) is 17.4. The second-order valence-corrected chi connectivity index (χ2v) is 7.53. The van der Waals surface area contributed by atoms with Gasteiger partial charge in [0.05, 0.1) is 5.41 Å². The smallest absolute Gasteiger partial charge is 0.0503 e. The summed E-state index contributed by atoms with van der Waals surface area (Å²) < 4.78 is 0. The average molecular weight is 346 g/mol. The van der Waals surface area contributed by atoms with Crippen LogP contribution in [-0.4, -0.2) is 0 Å². The summed E-state index contributed by atoms with van der Waals surface area (Å²) in [6, 6.07) is 37.8. The van der Waals surface area contributed by atoms with Crippen molar-refractivity contribution >= 4 is 0 Å². The van der Waals surface area contributed by atoms with Crippen molar-refractivity contribution in [2.45, 2.75) is 18.8 Å². The summed E-state index contributed by atoms with van der Waals surface area (Å²) in [5.41, 5.74) is 9.48. The number of benzene rings is 4. The summed E-state index contributed by atoms with van der Waals surface area (Å²) in [5.74, 6) is 0. The summed E-state index contributed by atoms with van der Waals surface area (Å²) in [4.78, 5) is 0. The van der Waals surface area contributed by atoms with Crippen LogP contribution in [-0.2, 0) is 11.8 Å². The molecular formula is C27H22. The minimum Gasteiger partial charge on any atom is -0.0622 e. The average Bonchev–Trinajstić information content (AvgIpc) is 3.00. The molecule has 0 saturated heterocycles. The van der Waals surface area contributed by atoms with Crippen molar-refractivity contribution in [3.05, 3.63) is 131 Å². The molecule has 1 unspecified atom stereocenters. The van der Waals surface area contributed by atoms with Crippen molar-refractivity contribution in [3.8, 4) is 11.1 Å². The highest BCUT2D eigenvalue weighted by molar-refractivity contribution is 5.84. The van der Waals surface area contributed by atoms with Gasteiger partial charge in [0.15, 0.2) is 0 Å². The highest BCUT2D eigenvalue weighted by atomic mass is 14.5. The van der Waals surface area contributed by atoms with Gasteiger partial charge >= 0.3 is 0 Å². The van der Waals surface area contributed by atoms with Gasteiger partial charge in [-0.2, -0.15) is 0 Å². The maximum absolute atomic E-state index is 2.39. The summed E-state index contributed by atoms with van der Waals surface area (Å²) in [6.45, 7) is 2.20. The van der Waals surface area contributed by atoms with E-state index < -0.39 is 0 Å². The number of hydrogen-bond acceptors (Lipinski definition) is 0. The van der Waals surface area contributed by atoms with Gasteiger partial charge in [0, 0.05) is 0 Å². The van der Waals surface area contributed by atoms with Crippen LogP contribution in [0.4, 0.5) is 0 Å². The van der Waals surface area contributed by atoms with Crippen LogP contribution in [0.15, 0.2) is 103 Å². The van der Waals surface area contributed by atoms with Crippen molar-refractivity contribution in [2.24, 2.45) is 0 Å². The molecule has 0 aromatic heterocycles. The van der Waals surface area contributed by atoms with Gasteiger partial charge in [-0.25, -0.2) is 0 Å². The van der Waals surface area contributed by atoms with Crippen LogP contribution in [0.5, 0.6) is 0 Å². The van der Waals surface area contributed by atoms with E-state index in [1.807, 2.05) is 0 Å². The quantitative estimate of drug-likeness (QED) is 0.394. The van der Waals surface area contributed by atoms with E-state index in [0.717, 1.165) is 6.42 Å². The van der Waals surface area contributed by atoms with Crippen molar-refractivity contribution in [1.82, 2.24) is 0 Å². The summed E-state index contributed by atoms with van der Waals surface area (Å²) in [7, 11) is 0. The van der Waals surface area contributed by atoms with Gasteiger partial charge in [0.2, 0.25) is 0 Å². The third-order valence-electron chi connectivity index (χ3n) is 5.89. The molecule has 0 heterocycles. The van der Waals surface area contributed by atoms with E-state index in [1.165, 1.54) is 38.9 Å². The van der Waals surface area contributed by atoms with Gasteiger partial charge in [-0.3, -0.25) is 0 Å². The maximum atomic E-state index is 2.39. The van der Waals surface area contributed by atoms with Crippen LogP contribution >= 0.6 is 0 Å². The van der Waals surface area contributed by atoms with Crippen LogP contribution in [0.3, 0.4) is 0 Å². The monoisotopic (exact) mass is 346 g/mol. The molecule has 0 bridgehead atoms. The zero-order chi connectivity index (χ0) is 18.3. The SMILES string of the molecule is Cc1ccc2c(c1)C(Cc1ccccc1)(c1ccccc1)c1ccccc1-2. The standard InChI is InChI=1S/C27H22/c1-20-16-17-24-23-14-8-9-15-25(23)27(26(24)18-20,22-12-6-3-7-13-22)19-21-10-4-2-5-11-21/h2-18H,19H2,1H3. The topological polar surface area (TPSA) is 0 Å². The molecule has 1 aliphatic rings. The first-order chi connectivity index (χ1) is 13.3. The Morgan fingerprint density at radius 2 is 1.22 bits per heavy atom. The lowest BCUT2D eigenvalue weighted by molar-refractivity contribution is 0.629. The van der Waals surface area contributed by atoms with E-state index in [0.29, 0.717) is 0 Å². The summed E-state index contributed by atoms with van der Waals surface area (Å²) in [5, 5.41) is 0. The Bertz CT molecular complexity index is 1090. The first-order valence-electron chi connectivity index (χ1n) is 9.59. The predicted octanol–water partition coefficient (Wildman–Crippen LogP) is 6.55. The highest BCUT2D eigenvalue weighted by Gasteiger charge is 2.44. The van der Waals surface area contributed by atoms with Crippen LogP contribution < -0.4 is 0 Å². The third kappa shape index (κ3) is 2.44. The molecule has 0 nitrogen and oxygen atoms in total. The van der Waals surface area contributed by atoms with Crippen molar-refractivity contribution in [3.63, 3.8) is 0 Å². The van der Waals surface area contributed by atoms with E-state index in [4.69, 9.17) is 0 Å². The fraction of sp³-hybridized carbons (Fsp3) is 0.111. The van der Waals surface area contributed by atoms with Crippen LogP contribution in [0.1, 0.15) is 27.8 Å². The molecule has 0 heteroatoms. The van der Waals surface area contributed by atoms with E-state index >= 15 is 0 Å². The second kappa shape index (κ2) is 6.25. The second-order valence-electron chi connectivity index (χ2n) is 7.53. The molecule has 0 aliphatic heterocycles. The molecule has 5 rings (SSSR count). The van der Waals surface area contributed by atoms with Crippen LogP contribution in [0, 0.1) is 6.92 Å². The van der Waals surface area contributed by atoms with Crippen molar-refractivity contribution < 1.29 is 0 Å². The number of rotatable bonds is 3. The minimum atomic E-state index is -0.152. The number of fused-ring (bicyclic) bond motifs is 3. The molecular weight excluding hydrogens is 324 g/mol. The van der Waals surface area contributed by atoms with E-state index in [2.05, 4.69) is 110 Å². The van der Waals surface area contributed by atoms with Crippen LogP contribution in [0.25, 0.3) is 11.1 Å². The van der Waals surface area contributed by atoms with Crippen molar-refractivity contribution in [1.29, 1.82) is 0 Å². The van der Waals surface area contributed by atoms with Gasteiger partial charge in [-0.1, -0.05) is 109 Å². The fourth-order valence-electron chi connectivity index (χ4n) is 4.71. The minimum absolute atomic E-state index is 0.152. The Labute approximate surface area is 161 Å². The highest BCUT2D eigenvalue weighted by Crippen LogP contribution is 2.54. The predicted molar refractivity (Wildman–Crippen MR) is 113 cm³/mol. The molecule has 4 aromatic rings. The molecule has 1 atom stereocenters. The Balaban J connectivity index is 1.87. The molecule has 0 spiro atoms.